The van der Waals surface area contributed by atoms with Crippen molar-refractivity contribution in [3.05, 3.63) is 23.3 Å². The predicted octanol–water partition coefficient (Wildman–Crippen LogP) is 4.78. The molecule has 3 N–H and O–H groups in total. The van der Waals surface area contributed by atoms with Crippen molar-refractivity contribution in [2.45, 2.75) is 104 Å². The van der Waals surface area contributed by atoms with Crippen molar-refractivity contribution in [2.75, 3.05) is 13.2 Å². The number of rotatable bonds is 6. The molecule has 4 heteroatoms. The Morgan fingerprint density at radius 3 is 2.33 bits per heavy atom. The summed E-state index contributed by atoms with van der Waals surface area (Å²) >= 11 is 0. The van der Waals surface area contributed by atoms with E-state index in [9.17, 15) is 15.3 Å². The molecule has 0 aliphatic heterocycles. The standard InChI is InChI=1S/C26H44O4/c1-24(2,16-30-17-25(3,4)29)23-11-10-22-19(7-6-12-26(22,23)5)9-8-18-13-20(27)15-21(28)14-18/h8-9,20-23,27-29H,6-7,10-17H2,1-5H3/b19-9+/t20-,21-,22+,23-,26+/m1/s1. The second-order valence-corrected chi connectivity index (χ2v) is 11.9. The lowest BCUT2D eigenvalue weighted by atomic mass is 9.58. The van der Waals surface area contributed by atoms with Crippen LogP contribution in [0, 0.1) is 22.7 Å². The Morgan fingerprint density at radius 1 is 1.03 bits per heavy atom. The lowest BCUT2D eigenvalue weighted by molar-refractivity contribution is -0.0693. The van der Waals surface area contributed by atoms with Crippen molar-refractivity contribution in [1.82, 2.24) is 0 Å². The summed E-state index contributed by atoms with van der Waals surface area (Å²) in [6.07, 6.45) is 11.7. The van der Waals surface area contributed by atoms with Crippen molar-refractivity contribution < 1.29 is 20.1 Å². The van der Waals surface area contributed by atoms with Crippen LogP contribution in [0.4, 0.5) is 0 Å². The minimum atomic E-state index is -0.785. The van der Waals surface area contributed by atoms with E-state index in [0.717, 1.165) is 6.42 Å². The quantitative estimate of drug-likeness (QED) is 0.579. The van der Waals surface area contributed by atoms with Crippen molar-refractivity contribution in [3.63, 3.8) is 0 Å². The summed E-state index contributed by atoms with van der Waals surface area (Å²) in [5, 5.41) is 29.9. The van der Waals surface area contributed by atoms with Crippen LogP contribution < -0.4 is 0 Å². The van der Waals surface area contributed by atoms with Gasteiger partial charge in [-0.05, 0) is 87.9 Å². The van der Waals surface area contributed by atoms with Crippen LogP contribution >= 0.6 is 0 Å². The molecule has 0 amide bonds. The van der Waals surface area contributed by atoms with Gasteiger partial charge in [0.05, 0.1) is 31.0 Å². The van der Waals surface area contributed by atoms with E-state index < -0.39 is 17.8 Å². The number of ether oxygens (including phenoxy) is 1. The fraction of sp³-hybridized carbons (Fsp3) is 0.846. The number of fused-ring (bicyclic) bond motifs is 1. The monoisotopic (exact) mass is 420 g/mol. The van der Waals surface area contributed by atoms with Gasteiger partial charge >= 0.3 is 0 Å². The van der Waals surface area contributed by atoms with Crippen molar-refractivity contribution in [2.24, 2.45) is 22.7 Å². The van der Waals surface area contributed by atoms with E-state index in [-0.39, 0.29) is 10.8 Å². The molecule has 0 unspecified atom stereocenters. The molecule has 3 aliphatic carbocycles. The molecular weight excluding hydrogens is 376 g/mol. The Kier molecular flexibility index (Phi) is 7.23. The third kappa shape index (κ3) is 5.56. The van der Waals surface area contributed by atoms with Crippen LogP contribution in [-0.4, -0.2) is 46.3 Å². The molecule has 3 aliphatic rings. The maximum atomic E-state index is 9.98. The molecule has 4 nitrogen and oxygen atoms in total. The molecule has 0 aromatic carbocycles. The van der Waals surface area contributed by atoms with Crippen LogP contribution in [0.2, 0.25) is 0 Å². The van der Waals surface area contributed by atoms with E-state index >= 15 is 0 Å². The maximum absolute atomic E-state index is 9.98. The maximum Gasteiger partial charge on any atom is 0.0824 e. The lowest BCUT2D eigenvalue weighted by Gasteiger charge is -2.48. The highest BCUT2D eigenvalue weighted by Gasteiger charge is 2.54. The zero-order chi connectivity index (χ0) is 22.2. The molecule has 0 aromatic heterocycles. The average molecular weight is 421 g/mol. The lowest BCUT2D eigenvalue weighted by Crippen LogP contribution is -2.42. The Balaban J connectivity index is 1.71. The normalized spacial score (nSPS) is 36.8. The summed E-state index contributed by atoms with van der Waals surface area (Å²) in [5.41, 5.74) is 2.31. The predicted molar refractivity (Wildman–Crippen MR) is 121 cm³/mol. The first-order valence-electron chi connectivity index (χ1n) is 12.0. The van der Waals surface area contributed by atoms with Crippen molar-refractivity contribution in [3.8, 4) is 0 Å². The van der Waals surface area contributed by atoms with E-state index in [1.54, 1.807) is 19.4 Å². The summed E-state index contributed by atoms with van der Waals surface area (Å²) < 4.78 is 5.95. The van der Waals surface area contributed by atoms with E-state index in [2.05, 4.69) is 32.9 Å². The summed E-state index contributed by atoms with van der Waals surface area (Å²) in [5.74, 6) is 1.21. The van der Waals surface area contributed by atoms with Gasteiger partial charge in [0.2, 0.25) is 0 Å². The molecule has 172 valence electrons. The van der Waals surface area contributed by atoms with Crippen LogP contribution in [0.1, 0.15) is 86.0 Å². The van der Waals surface area contributed by atoms with Gasteiger partial charge in [-0.3, -0.25) is 0 Å². The first-order valence-corrected chi connectivity index (χ1v) is 12.0. The van der Waals surface area contributed by atoms with Gasteiger partial charge in [-0.2, -0.15) is 0 Å². The number of aliphatic hydroxyl groups is 3. The van der Waals surface area contributed by atoms with Gasteiger partial charge in [0, 0.05) is 0 Å². The molecular formula is C26H44O4. The largest absolute Gasteiger partial charge is 0.393 e. The van der Waals surface area contributed by atoms with E-state index in [1.165, 1.54) is 31.3 Å². The minimum absolute atomic E-state index is 0.0766. The molecule has 0 heterocycles. The number of aliphatic hydroxyl groups excluding tert-OH is 2. The van der Waals surface area contributed by atoms with Gasteiger partial charge in [0.15, 0.2) is 0 Å². The zero-order valence-corrected chi connectivity index (χ0v) is 19.8. The molecule has 3 fully saturated rings. The van der Waals surface area contributed by atoms with Crippen LogP contribution in [-0.2, 0) is 4.74 Å². The van der Waals surface area contributed by atoms with E-state index in [1.807, 2.05) is 0 Å². The molecule has 0 aromatic rings. The second-order valence-electron chi connectivity index (χ2n) is 11.9. The van der Waals surface area contributed by atoms with Gasteiger partial charge in [0.1, 0.15) is 0 Å². The van der Waals surface area contributed by atoms with Gasteiger partial charge in [-0.1, -0.05) is 44.1 Å². The molecule has 3 saturated carbocycles. The summed E-state index contributed by atoms with van der Waals surface area (Å²) in [4.78, 5) is 0. The fourth-order valence-corrected chi connectivity index (χ4v) is 6.72. The Labute approximate surface area is 183 Å². The van der Waals surface area contributed by atoms with Crippen LogP contribution in [0.15, 0.2) is 23.3 Å². The third-order valence-electron chi connectivity index (χ3n) is 7.91. The Hall–Kier alpha value is -0.680. The Morgan fingerprint density at radius 2 is 1.70 bits per heavy atom. The zero-order valence-electron chi connectivity index (χ0n) is 19.8. The average Bonchev–Trinajstić information content (AvgIpc) is 2.96. The van der Waals surface area contributed by atoms with Crippen LogP contribution in [0.25, 0.3) is 0 Å². The molecule has 0 spiro atoms. The van der Waals surface area contributed by atoms with Crippen LogP contribution in [0.3, 0.4) is 0 Å². The van der Waals surface area contributed by atoms with Crippen molar-refractivity contribution >= 4 is 0 Å². The van der Waals surface area contributed by atoms with Gasteiger partial charge < -0.3 is 20.1 Å². The van der Waals surface area contributed by atoms with Gasteiger partial charge in [-0.15, -0.1) is 0 Å². The number of hydrogen-bond donors (Lipinski definition) is 3. The topological polar surface area (TPSA) is 69.9 Å². The van der Waals surface area contributed by atoms with Gasteiger partial charge in [-0.25, -0.2) is 0 Å². The molecule has 0 radical (unpaired) electrons. The molecule has 30 heavy (non-hydrogen) atoms. The highest BCUT2D eigenvalue weighted by Crippen LogP contribution is 2.62. The molecule has 3 rings (SSSR count). The summed E-state index contributed by atoms with van der Waals surface area (Å²) in [7, 11) is 0. The third-order valence-corrected chi connectivity index (χ3v) is 7.91. The first-order chi connectivity index (χ1) is 13.9. The second kappa shape index (κ2) is 9.05. The highest BCUT2D eigenvalue weighted by atomic mass is 16.5. The van der Waals surface area contributed by atoms with E-state index in [0.29, 0.717) is 44.3 Å². The minimum Gasteiger partial charge on any atom is -0.393 e. The SMILES string of the molecule is CC(C)(O)COCC(C)(C)[C@H]1CC[C@H]2/C(=C/C=C3C[C@@H](O)C[C@H](O)C3)CCC[C@]12C. The summed E-state index contributed by atoms with van der Waals surface area (Å²) in [6, 6.07) is 0. The smallest absolute Gasteiger partial charge is 0.0824 e. The molecule has 0 saturated heterocycles. The molecule has 0 bridgehead atoms. The highest BCUT2D eigenvalue weighted by molar-refractivity contribution is 5.26. The van der Waals surface area contributed by atoms with E-state index in [4.69, 9.17) is 4.74 Å². The number of hydrogen-bond acceptors (Lipinski definition) is 4. The van der Waals surface area contributed by atoms with Crippen molar-refractivity contribution in [1.29, 1.82) is 0 Å². The Bertz CT molecular complexity index is 644. The molecule has 5 atom stereocenters. The first kappa shape index (κ1) is 24.0. The number of allylic oxidation sites excluding steroid dienone is 3. The van der Waals surface area contributed by atoms with Gasteiger partial charge in [0.25, 0.3) is 0 Å². The fourth-order valence-electron chi connectivity index (χ4n) is 6.72. The summed E-state index contributed by atoms with van der Waals surface area (Å²) in [6.45, 7) is 11.8. The van der Waals surface area contributed by atoms with Crippen LogP contribution in [0.5, 0.6) is 0 Å².